The van der Waals surface area contributed by atoms with Crippen LogP contribution < -0.4 is 19.1 Å². The van der Waals surface area contributed by atoms with Crippen LogP contribution in [0.1, 0.15) is 5.56 Å². The molecule has 27 heavy (non-hydrogen) atoms. The van der Waals surface area contributed by atoms with Gasteiger partial charge in [0.25, 0.3) is 0 Å². The van der Waals surface area contributed by atoms with Crippen molar-refractivity contribution in [3.05, 3.63) is 48.0 Å². The number of methoxy groups -OCH3 is 3. The molecule has 144 valence electrons. The maximum Gasteiger partial charge on any atom is 0.227 e. The predicted octanol–water partition coefficient (Wildman–Crippen LogP) is 1.31. The molecule has 1 aliphatic rings. The van der Waals surface area contributed by atoms with Gasteiger partial charge in [-0.1, -0.05) is 30.3 Å². The number of rotatable bonds is 6. The highest BCUT2D eigenvalue weighted by molar-refractivity contribution is 5.78. The van der Waals surface area contributed by atoms with Crippen molar-refractivity contribution in [3.8, 4) is 17.2 Å². The maximum atomic E-state index is 12.6. The topological polar surface area (TPSA) is 52.4 Å². The van der Waals surface area contributed by atoms with Crippen molar-refractivity contribution in [2.24, 2.45) is 0 Å². The lowest BCUT2D eigenvalue weighted by molar-refractivity contribution is -0.837. The molecular weight excluding hydrogens is 344 g/mol. The van der Waals surface area contributed by atoms with Crippen molar-refractivity contribution in [3.63, 3.8) is 0 Å². The monoisotopic (exact) mass is 371 g/mol. The molecule has 1 N–H and O–H groups in total. The zero-order chi connectivity index (χ0) is 19.2. The third kappa shape index (κ3) is 4.34. The molecular formula is C21H27N2O4+. The molecule has 0 radical (unpaired) electrons. The molecule has 2 aromatic carbocycles. The summed E-state index contributed by atoms with van der Waals surface area (Å²) in [5, 5.41) is 0. The highest BCUT2D eigenvalue weighted by Gasteiger charge is 2.27. The average Bonchev–Trinajstić information content (AvgIpc) is 2.73. The van der Waals surface area contributed by atoms with E-state index >= 15 is 0 Å². The van der Waals surface area contributed by atoms with Gasteiger partial charge in [-0.25, -0.2) is 0 Å². The molecule has 0 atom stereocenters. The van der Waals surface area contributed by atoms with Gasteiger partial charge in [-0.3, -0.25) is 9.69 Å². The number of carbonyl (C=O) groups excluding carboxylic acids is 1. The molecule has 1 amide bonds. The summed E-state index contributed by atoms with van der Waals surface area (Å²) in [7, 11) is 4.84. The van der Waals surface area contributed by atoms with Crippen LogP contribution >= 0.6 is 0 Å². The fraction of sp³-hybridized carbons (Fsp3) is 0.381. The number of quaternary nitrogens is 1. The number of benzene rings is 2. The Labute approximate surface area is 160 Å². The van der Waals surface area contributed by atoms with E-state index in [4.69, 9.17) is 14.2 Å². The van der Waals surface area contributed by atoms with Crippen molar-refractivity contribution in [1.29, 1.82) is 0 Å². The number of amides is 1. The summed E-state index contributed by atoms with van der Waals surface area (Å²) in [4.78, 5) is 15.8. The number of hydrogen-bond acceptors (Lipinski definition) is 4. The fourth-order valence-electron chi connectivity index (χ4n) is 3.48. The summed E-state index contributed by atoms with van der Waals surface area (Å²) in [6.45, 7) is 3.16. The van der Waals surface area contributed by atoms with Gasteiger partial charge in [0.05, 0.1) is 53.9 Å². The minimum Gasteiger partial charge on any atom is -0.492 e. The lowest BCUT2D eigenvalue weighted by Gasteiger charge is -2.32. The number of nitrogens with one attached hydrogen (secondary N) is 1. The van der Waals surface area contributed by atoms with Crippen LogP contribution in [0.4, 0.5) is 5.69 Å². The second kappa shape index (κ2) is 8.77. The molecule has 6 nitrogen and oxygen atoms in total. The van der Waals surface area contributed by atoms with Crippen LogP contribution in [0.15, 0.2) is 42.5 Å². The summed E-state index contributed by atoms with van der Waals surface area (Å²) in [5.74, 6) is 2.09. The Morgan fingerprint density at radius 2 is 1.56 bits per heavy atom. The Morgan fingerprint density at radius 3 is 2.07 bits per heavy atom. The molecule has 3 rings (SSSR count). The SMILES string of the molecule is COc1cc([NH+]2CCN(C(=O)Cc3ccccc3)CC2)cc(OC)c1OC. The van der Waals surface area contributed by atoms with E-state index in [0.29, 0.717) is 23.7 Å². The zero-order valence-corrected chi connectivity index (χ0v) is 16.2. The van der Waals surface area contributed by atoms with Crippen molar-refractivity contribution >= 4 is 11.6 Å². The molecule has 0 saturated carbocycles. The predicted molar refractivity (Wildman–Crippen MR) is 103 cm³/mol. The summed E-state index contributed by atoms with van der Waals surface area (Å²) < 4.78 is 16.3. The summed E-state index contributed by atoms with van der Waals surface area (Å²) in [6, 6.07) is 13.9. The van der Waals surface area contributed by atoms with E-state index in [1.165, 1.54) is 4.90 Å². The van der Waals surface area contributed by atoms with E-state index in [0.717, 1.165) is 37.4 Å². The first-order valence-electron chi connectivity index (χ1n) is 9.13. The maximum absolute atomic E-state index is 12.6. The van der Waals surface area contributed by atoms with Gasteiger partial charge in [0.2, 0.25) is 11.7 Å². The Bertz CT molecular complexity index is 746. The summed E-state index contributed by atoms with van der Waals surface area (Å²) in [5.41, 5.74) is 2.14. The molecule has 0 aliphatic carbocycles. The summed E-state index contributed by atoms with van der Waals surface area (Å²) in [6.07, 6.45) is 0.459. The third-order valence-corrected chi connectivity index (χ3v) is 4.99. The van der Waals surface area contributed by atoms with Gasteiger partial charge in [0.15, 0.2) is 11.5 Å². The van der Waals surface area contributed by atoms with Gasteiger partial charge < -0.3 is 19.1 Å². The second-order valence-corrected chi connectivity index (χ2v) is 6.56. The highest BCUT2D eigenvalue weighted by atomic mass is 16.5. The Kier molecular flexibility index (Phi) is 6.19. The standard InChI is InChI=1S/C21H26N2O4/c1-25-18-14-17(15-19(26-2)21(18)27-3)22-9-11-23(12-10-22)20(24)13-16-7-5-4-6-8-16/h4-8,14-15H,9-13H2,1-3H3/p+1. The van der Waals surface area contributed by atoms with Gasteiger partial charge in [0, 0.05) is 12.1 Å². The molecule has 0 aromatic heterocycles. The molecule has 1 fully saturated rings. The third-order valence-electron chi connectivity index (χ3n) is 4.99. The molecule has 0 bridgehead atoms. The van der Waals surface area contributed by atoms with Crippen molar-refractivity contribution in [2.75, 3.05) is 47.5 Å². The van der Waals surface area contributed by atoms with Gasteiger partial charge >= 0.3 is 0 Å². The first kappa shape index (κ1) is 19.0. The first-order chi connectivity index (χ1) is 13.2. The Hall–Kier alpha value is -2.73. The van der Waals surface area contributed by atoms with Crippen LogP contribution in [0.5, 0.6) is 17.2 Å². The van der Waals surface area contributed by atoms with E-state index in [1.54, 1.807) is 21.3 Å². The average molecular weight is 371 g/mol. The minimum absolute atomic E-state index is 0.185. The van der Waals surface area contributed by atoms with E-state index in [1.807, 2.05) is 47.4 Å². The molecule has 0 unspecified atom stereocenters. The molecule has 1 heterocycles. The lowest BCUT2D eigenvalue weighted by atomic mass is 10.1. The van der Waals surface area contributed by atoms with E-state index < -0.39 is 0 Å². The van der Waals surface area contributed by atoms with Crippen LogP contribution in [0.2, 0.25) is 0 Å². The quantitative estimate of drug-likeness (QED) is 0.832. The van der Waals surface area contributed by atoms with E-state index in [-0.39, 0.29) is 5.91 Å². The smallest absolute Gasteiger partial charge is 0.227 e. The molecule has 1 aliphatic heterocycles. The van der Waals surface area contributed by atoms with Crippen LogP contribution in [0.25, 0.3) is 0 Å². The molecule has 2 aromatic rings. The Balaban J connectivity index is 1.66. The van der Waals surface area contributed by atoms with Crippen LogP contribution in [-0.2, 0) is 11.2 Å². The van der Waals surface area contributed by atoms with Gasteiger partial charge in [-0.15, -0.1) is 0 Å². The van der Waals surface area contributed by atoms with Crippen molar-refractivity contribution in [1.82, 2.24) is 4.90 Å². The van der Waals surface area contributed by atoms with Crippen LogP contribution in [0.3, 0.4) is 0 Å². The van der Waals surface area contributed by atoms with Crippen molar-refractivity contribution < 1.29 is 23.9 Å². The number of nitrogens with zero attached hydrogens (tertiary/aromatic N) is 1. The van der Waals surface area contributed by atoms with Crippen molar-refractivity contribution in [2.45, 2.75) is 6.42 Å². The lowest BCUT2D eigenvalue weighted by Crippen LogP contribution is -3.10. The largest absolute Gasteiger partial charge is 0.492 e. The first-order valence-corrected chi connectivity index (χ1v) is 9.13. The molecule has 0 spiro atoms. The Morgan fingerprint density at radius 1 is 0.963 bits per heavy atom. The van der Waals surface area contributed by atoms with Crippen LogP contribution in [-0.4, -0.2) is 58.3 Å². The second-order valence-electron chi connectivity index (χ2n) is 6.56. The summed E-state index contributed by atoms with van der Waals surface area (Å²) >= 11 is 0. The number of carbonyl (C=O) groups is 1. The van der Waals surface area contributed by atoms with E-state index in [2.05, 4.69) is 0 Å². The molecule has 1 saturated heterocycles. The fourth-order valence-corrected chi connectivity index (χ4v) is 3.48. The van der Waals surface area contributed by atoms with Gasteiger partial charge in [0.1, 0.15) is 5.69 Å². The molecule has 6 heteroatoms. The van der Waals surface area contributed by atoms with Gasteiger partial charge in [-0.2, -0.15) is 0 Å². The van der Waals surface area contributed by atoms with E-state index in [9.17, 15) is 4.79 Å². The zero-order valence-electron chi connectivity index (χ0n) is 16.2. The normalized spacial score (nSPS) is 14.7. The highest BCUT2D eigenvalue weighted by Crippen LogP contribution is 2.38. The minimum atomic E-state index is 0.185. The number of ether oxygens (including phenoxy) is 3. The number of piperazine rings is 1. The number of hydrogen-bond donors (Lipinski definition) is 1. The van der Waals surface area contributed by atoms with Crippen LogP contribution in [0, 0.1) is 0 Å². The van der Waals surface area contributed by atoms with Gasteiger partial charge in [-0.05, 0) is 5.56 Å².